The van der Waals surface area contributed by atoms with Crippen LogP contribution < -0.4 is 0 Å². The number of thioether (sulfide) groups is 1. The Morgan fingerprint density at radius 1 is 1.47 bits per heavy atom. The Balaban J connectivity index is 2.31. The van der Waals surface area contributed by atoms with Crippen LogP contribution in [0, 0.1) is 6.92 Å². The van der Waals surface area contributed by atoms with Crippen LogP contribution in [0.4, 0.5) is 0 Å². The van der Waals surface area contributed by atoms with Crippen molar-refractivity contribution in [2.45, 2.75) is 12.1 Å². The number of aliphatic carboxylic acids is 1. The van der Waals surface area contributed by atoms with Crippen molar-refractivity contribution in [2.75, 3.05) is 5.75 Å². The van der Waals surface area contributed by atoms with Crippen LogP contribution in [-0.2, 0) is 4.79 Å². The molecule has 0 saturated carbocycles. The van der Waals surface area contributed by atoms with Gasteiger partial charge in [-0.3, -0.25) is 9.36 Å². The maximum absolute atomic E-state index is 10.5. The summed E-state index contributed by atoms with van der Waals surface area (Å²) in [5.74, 6) is -0.890. The first kappa shape index (κ1) is 11.7. The van der Waals surface area contributed by atoms with Gasteiger partial charge < -0.3 is 5.11 Å². The zero-order chi connectivity index (χ0) is 12.3. The molecule has 0 radical (unpaired) electrons. The highest BCUT2D eigenvalue weighted by atomic mass is 32.2. The Morgan fingerprint density at radius 2 is 2.24 bits per heavy atom. The van der Waals surface area contributed by atoms with Gasteiger partial charge in [0.1, 0.15) is 6.33 Å². The largest absolute Gasteiger partial charge is 0.481 e. The first-order chi connectivity index (χ1) is 8.18. The number of nitrogens with zero attached hydrogens (tertiary/aromatic N) is 3. The zero-order valence-electron chi connectivity index (χ0n) is 9.20. The molecule has 1 heterocycles. The smallest absolute Gasteiger partial charge is 0.313 e. The summed E-state index contributed by atoms with van der Waals surface area (Å²) in [6.45, 7) is 1.99. The molecule has 1 N–H and O–H groups in total. The molecule has 0 spiro atoms. The lowest BCUT2D eigenvalue weighted by atomic mass is 10.2. The molecular weight excluding hydrogens is 238 g/mol. The third-order valence-electron chi connectivity index (χ3n) is 2.22. The van der Waals surface area contributed by atoms with Crippen LogP contribution >= 0.6 is 11.8 Å². The predicted molar refractivity (Wildman–Crippen MR) is 64.5 cm³/mol. The molecule has 0 aliphatic heterocycles. The molecule has 2 aromatic rings. The maximum atomic E-state index is 10.5. The number of aromatic nitrogens is 3. The Morgan fingerprint density at radius 3 is 2.94 bits per heavy atom. The summed E-state index contributed by atoms with van der Waals surface area (Å²) in [5, 5.41) is 17.0. The van der Waals surface area contributed by atoms with Gasteiger partial charge in [-0.2, -0.15) is 0 Å². The normalized spacial score (nSPS) is 10.4. The number of aryl methyl sites for hydroxylation is 1. The molecule has 0 fully saturated rings. The van der Waals surface area contributed by atoms with Gasteiger partial charge in [-0.05, 0) is 18.6 Å². The third kappa shape index (κ3) is 2.65. The van der Waals surface area contributed by atoms with Gasteiger partial charge in [0, 0.05) is 0 Å². The van der Waals surface area contributed by atoms with Gasteiger partial charge in [-0.15, -0.1) is 10.2 Å². The van der Waals surface area contributed by atoms with E-state index in [-0.39, 0.29) is 5.75 Å². The first-order valence-electron chi connectivity index (χ1n) is 4.99. The van der Waals surface area contributed by atoms with E-state index in [9.17, 15) is 4.79 Å². The van der Waals surface area contributed by atoms with Crippen molar-refractivity contribution in [1.29, 1.82) is 0 Å². The van der Waals surface area contributed by atoms with E-state index in [1.54, 1.807) is 10.9 Å². The third-order valence-corrected chi connectivity index (χ3v) is 3.14. The van der Waals surface area contributed by atoms with Crippen LogP contribution in [0.3, 0.4) is 0 Å². The van der Waals surface area contributed by atoms with Gasteiger partial charge in [-0.1, -0.05) is 30.0 Å². The molecule has 1 aromatic heterocycles. The van der Waals surface area contributed by atoms with Crippen molar-refractivity contribution < 1.29 is 9.90 Å². The Kier molecular flexibility index (Phi) is 3.43. The fraction of sp³-hybridized carbons (Fsp3) is 0.182. The van der Waals surface area contributed by atoms with Crippen molar-refractivity contribution in [3.63, 3.8) is 0 Å². The standard InChI is InChI=1S/C11H11N3O2S/c1-8-4-2-3-5-9(8)14-7-12-13-11(14)17-6-10(15)16/h2-5,7H,6H2,1H3,(H,15,16). The van der Waals surface area contributed by atoms with E-state index in [1.807, 2.05) is 31.2 Å². The first-order valence-corrected chi connectivity index (χ1v) is 5.97. The van der Waals surface area contributed by atoms with Gasteiger partial charge in [0.2, 0.25) is 0 Å². The Labute approximate surface area is 102 Å². The number of carboxylic acids is 1. The highest BCUT2D eigenvalue weighted by Gasteiger charge is 2.10. The Bertz CT molecular complexity index is 539. The molecule has 0 atom stereocenters. The fourth-order valence-corrected chi connectivity index (χ4v) is 2.09. The van der Waals surface area contributed by atoms with Crippen LogP contribution in [0.2, 0.25) is 0 Å². The van der Waals surface area contributed by atoms with Crippen molar-refractivity contribution in [1.82, 2.24) is 14.8 Å². The number of rotatable bonds is 4. The van der Waals surface area contributed by atoms with Gasteiger partial charge in [0.15, 0.2) is 5.16 Å². The monoisotopic (exact) mass is 249 g/mol. The molecule has 0 bridgehead atoms. The minimum atomic E-state index is -0.866. The molecule has 6 heteroatoms. The molecule has 17 heavy (non-hydrogen) atoms. The lowest BCUT2D eigenvalue weighted by Crippen LogP contribution is -2.02. The van der Waals surface area contributed by atoms with E-state index < -0.39 is 5.97 Å². The molecule has 2 rings (SSSR count). The second-order valence-electron chi connectivity index (χ2n) is 3.45. The van der Waals surface area contributed by atoms with Crippen LogP contribution in [0.25, 0.3) is 5.69 Å². The van der Waals surface area contributed by atoms with Crippen molar-refractivity contribution in [2.24, 2.45) is 0 Å². The molecule has 0 unspecified atom stereocenters. The average molecular weight is 249 g/mol. The number of carboxylic acid groups (broad SMARTS) is 1. The molecular formula is C11H11N3O2S. The van der Waals surface area contributed by atoms with Crippen LogP contribution in [0.1, 0.15) is 5.56 Å². The van der Waals surface area contributed by atoms with Crippen LogP contribution in [-0.4, -0.2) is 31.6 Å². The summed E-state index contributed by atoms with van der Waals surface area (Å²) in [6.07, 6.45) is 1.59. The summed E-state index contributed by atoms with van der Waals surface area (Å²) in [4.78, 5) is 10.5. The predicted octanol–water partition coefficient (Wildman–Crippen LogP) is 1.75. The van der Waals surface area contributed by atoms with E-state index in [4.69, 9.17) is 5.11 Å². The van der Waals surface area contributed by atoms with Gasteiger partial charge in [0.25, 0.3) is 0 Å². The topological polar surface area (TPSA) is 68.0 Å². The minimum absolute atomic E-state index is 0.0232. The Hall–Kier alpha value is -1.82. The quantitative estimate of drug-likeness (QED) is 0.836. The maximum Gasteiger partial charge on any atom is 0.313 e. The van der Waals surface area contributed by atoms with Crippen molar-refractivity contribution in [3.8, 4) is 5.69 Å². The highest BCUT2D eigenvalue weighted by Crippen LogP contribution is 2.21. The number of benzene rings is 1. The molecule has 1 aromatic carbocycles. The summed E-state index contributed by atoms with van der Waals surface area (Å²) in [6, 6.07) is 7.81. The van der Waals surface area contributed by atoms with Crippen LogP contribution in [0.15, 0.2) is 35.7 Å². The van der Waals surface area contributed by atoms with E-state index in [1.165, 1.54) is 0 Å². The van der Waals surface area contributed by atoms with Crippen molar-refractivity contribution >= 4 is 17.7 Å². The number of para-hydroxylation sites is 1. The number of hydrogen-bond donors (Lipinski definition) is 1. The summed E-state index contributed by atoms with van der Waals surface area (Å²) >= 11 is 1.16. The lowest BCUT2D eigenvalue weighted by molar-refractivity contribution is -0.133. The van der Waals surface area contributed by atoms with Crippen LogP contribution in [0.5, 0.6) is 0 Å². The summed E-state index contributed by atoms with van der Waals surface area (Å²) < 4.78 is 1.79. The van der Waals surface area contributed by atoms with E-state index >= 15 is 0 Å². The zero-order valence-corrected chi connectivity index (χ0v) is 10.0. The van der Waals surface area contributed by atoms with Gasteiger partial charge in [-0.25, -0.2) is 0 Å². The van der Waals surface area contributed by atoms with E-state index in [0.29, 0.717) is 5.16 Å². The van der Waals surface area contributed by atoms with E-state index in [0.717, 1.165) is 23.0 Å². The molecule has 5 nitrogen and oxygen atoms in total. The minimum Gasteiger partial charge on any atom is -0.481 e. The second kappa shape index (κ2) is 5.01. The number of hydrogen-bond acceptors (Lipinski definition) is 4. The number of carbonyl (C=O) groups is 1. The highest BCUT2D eigenvalue weighted by molar-refractivity contribution is 7.99. The molecule has 0 amide bonds. The van der Waals surface area contributed by atoms with Gasteiger partial charge >= 0.3 is 5.97 Å². The molecule has 0 saturated heterocycles. The molecule has 0 aliphatic carbocycles. The van der Waals surface area contributed by atoms with Gasteiger partial charge in [0.05, 0.1) is 11.4 Å². The summed E-state index contributed by atoms with van der Waals surface area (Å²) in [5.41, 5.74) is 2.05. The average Bonchev–Trinajstić information content (AvgIpc) is 2.75. The summed E-state index contributed by atoms with van der Waals surface area (Å²) in [7, 11) is 0. The lowest BCUT2D eigenvalue weighted by Gasteiger charge is -2.07. The second-order valence-corrected chi connectivity index (χ2v) is 4.39. The fourth-order valence-electron chi connectivity index (χ4n) is 1.45. The van der Waals surface area contributed by atoms with E-state index in [2.05, 4.69) is 10.2 Å². The van der Waals surface area contributed by atoms with Crippen molar-refractivity contribution in [3.05, 3.63) is 36.2 Å². The SMILES string of the molecule is Cc1ccccc1-n1cnnc1SCC(=O)O. The molecule has 0 aliphatic rings. The molecule has 88 valence electrons.